The second-order valence-corrected chi connectivity index (χ2v) is 17.6. The molecule has 0 heteroatoms. The van der Waals surface area contributed by atoms with Gasteiger partial charge < -0.3 is 0 Å². The molecule has 0 aromatic carbocycles. The Morgan fingerprint density at radius 3 is 2.58 bits per heavy atom. The van der Waals surface area contributed by atoms with E-state index in [1.54, 1.807) is 53.5 Å². The molecule has 10 aliphatic rings. The summed E-state index contributed by atoms with van der Waals surface area (Å²) in [4.78, 5) is 0. The molecule has 4 saturated carbocycles. The SMILES string of the molecule is C1#CC2=C(C3=C4C=CCCC4C4CCCCC4C3)C3=CC=CCC3C(C3CC=C4CCC5CCC6CCCC6C5C4C3)[C@@H]2CC1. The van der Waals surface area contributed by atoms with Gasteiger partial charge in [-0.15, -0.1) is 0 Å². The first kappa shape index (κ1) is 28.1. The van der Waals surface area contributed by atoms with Crippen molar-refractivity contribution in [3.05, 3.63) is 69.9 Å². The predicted octanol–water partition coefficient (Wildman–Crippen LogP) is 11.5. The molecule has 4 fully saturated rings. The summed E-state index contributed by atoms with van der Waals surface area (Å²) >= 11 is 0. The van der Waals surface area contributed by atoms with Crippen LogP contribution in [0.1, 0.15) is 122 Å². The van der Waals surface area contributed by atoms with Crippen LogP contribution < -0.4 is 0 Å². The molecule has 236 valence electrons. The van der Waals surface area contributed by atoms with Gasteiger partial charge in [0.25, 0.3) is 0 Å². The summed E-state index contributed by atoms with van der Waals surface area (Å²) < 4.78 is 0. The fraction of sp³-hybridized carbons (Fsp3) is 0.689. The molecule has 0 radical (unpaired) electrons. The largest absolute Gasteiger partial charge is 0.0982 e. The minimum Gasteiger partial charge on any atom is -0.0982 e. The van der Waals surface area contributed by atoms with Crippen LogP contribution in [0.25, 0.3) is 0 Å². The van der Waals surface area contributed by atoms with Gasteiger partial charge in [0.15, 0.2) is 0 Å². The van der Waals surface area contributed by atoms with E-state index in [-0.39, 0.29) is 0 Å². The summed E-state index contributed by atoms with van der Waals surface area (Å²) in [5, 5.41) is 0. The highest BCUT2D eigenvalue weighted by atomic mass is 14.6. The van der Waals surface area contributed by atoms with Crippen LogP contribution in [0.5, 0.6) is 0 Å². The van der Waals surface area contributed by atoms with Crippen molar-refractivity contribution in [3.63, 3.8) is 0 Å². The molecule has 10 rings (SSSR count). The lowest BCUT2D eigenvalue weighted by molar-refractivity contribution is 0.0233. The van der Waals surface area contributed by atoms with Crippen LogP contribution in [0, 0.1) is 82.9 Å². The van der Waals surface area contributed by atoms with E-state index in [9.17, 15) is 0 Å². The second kappa shape index (κ2) is 11.3. The van der Waals surface area contributed by atoms with Gasteiger partial charge in [0.2, 0.25) is 0 Å². The van der Waals surface area contributed by atoms with Crippen LogP contribution in [0.3, 0.4) is 0 Å². The van der Waals surface area contributed by atoms with Crippen molar-refractivity contribution in [1.29, 1.82) is 0 Å². The van der Waals surface area contributed by atoms with E-state index in [0.29, 0.717) is 11.8 Å². The molecule has 10 aliphatic carbocycles. The smallest absolute Gasteiger partial charge is 0.0133 e. The van der Waals surface area contributed by atoms with E-state index in [1.165, 1.54) is 89.9 Å². The third-order valence-corrected chi connectivity index (χ3v) is 16.0. The van der Waals surface area contributed by atoms with E-state index in [4.69, 9.17) is 0 Å². The van der Waals surface area contributed by atoms with Crippen molar-refractivity contribution in [2.75, 3.05) is 0 Å². The lowest BCUT2D eigenvalue weighted by Crippen LogP contribution is -2.45. The molecular formula is C45H56. The third-order valence-electron chi connectivity index (χ3n) is 16.0. The zero-order chi connectivity index (χ0) is 29.5. The first-order valence-corrected chi connectivity index (χ1v) is 20.0. The molecule has 12 atom stereocenters. The van der Waals surface area contributed by atoms with Crippen LogP contribution in [-0.2, 0) is 0 Å². The molecular weight excluding hydrogens is 540 g/mol. The Morgan fingerprint density at radius 2 is 1.58 bits per heavy atom. The van der Waals surface area contributed by atoms with E-state index in [0.717, 1.165) is 65.6 Å². The molecule has 0 aliphatic heterocycles. The summed E-state index contributed by atoms with van der Waals surface area (Å²) in [6.07, 6.45) is 42.6. The van der Waals surface area contributed by atoms with Gasteiger partial charge >= 0.3 is 0 Å². The highest BCUT2D eigenvalue weighted by Gasteiger charge is 2.52. The molecule has 0 amide bonds. The van der Waals surface area contributed by atoms with Crippen molar-refractivity contribution in [2.45, 2.75) is 122 Å². The Kier molecular flexibility index (Phi) is 7.05. The van der Waals surface area contributed by atoms with Gasteiger partial charge in [-0.3, -0.25) is 0 Å². The van der Waals surface area contributed by atoms with E-state index in [2.05, 4.69) is 48.3 Å². The summed E-state index contributed by atoms with van der Waals surface area (Å²) in [6.45, 7) is 0. The number of fused-ring (bicyclic) bond motifs is 10. The zero-order valence-electron chi connectivity index (χ0n) is 27.8. The summed E-state index contributed by atoms with van der Waals surface area (Å²) in [5.41, 5.74) is 10.5. The highest BCUT2D eigenvalue weighted by Crippen LogP contribution is 2.62. The monoisotopic (exact) mass is 596 g/mol. The molecule has 0 N–H and O–H groups in total. The van der Waals surface area contributed by atoms with E-state index < -0.39 is 0 Å². The van der Waals surface area contributed by atoms with Gasteiger partial charge in [0.05, 0.1) is 0 Å². The third kappa shape index (κ3) is 4.44. The Bertz CT molecular complexity index is 1470. The van der Waals surface area contributed by atoms with Crippen LogP contribution in [-0.4, -0.2) is 0 Å². The number of allylic oxidation sites excluding steroid dienone is 12. The Hall–Kier alpha value is -2.00. The lowest BCUT2D eigenvalue weighted by atomic mass is 9.50. The minimum atomic E-state index is 0.683. The van der Waals surface area contributed by atoms with Gasteiger partial charge in [-0.2, -0.15) is 0 Å². The second-order valence-electron chi connectivity index (χ2n) is 17.6. The topological polar surface area (TPSA) is 0 Å². The van der Waals surface area contributed by atoms with Crippen molar-refractivity contribution >= 4 is 0 Å². The average Bonchev–Trinajstić information content (AvgIpc) is 3.59. The fourth-order valence-electron chi connectivity index (χ4n) is 14.4. The molecule has 0 heterocycles. The van der Waals surface area contributed by atoms with Gasteiger partial charge in [-0.05, 0) is 183 Å². The molecule has 0 aromatic heterocycles. The average molecular weight is 597 g/mol. The van der Waals surface area contributed by atoms with Gasteiger partial charge in [0.1, 0.15) is 0 Å². The Morgan fingerprint density at radius 1 is 0.667 bits per heavy atom. The quantitative estimate of drug-likeness (QED) is 0.220. The molecule has 0 nitrogen and oxygen atoms in total. The number of hydrogen-bond acceptors (Lipinski definition) is 0. The number of hydrogen-bond donors (Lipinski definition) is 0. The lowest BCUT2D eigenvalue weighted by Gasteiger charge is -2.54. The molecule has 11 unspecified atom stereocenters. The Labute approximate surface area is 274 Å². The number of rotatable bonds is 2. The van der Waals surface area contributed by atoms with Gasteiger partial charge in [0, 0.05) is 12.0 Å². The van der Waals surface area contributed by atoms with Crippen molar-refractivity contribution in [3.8, 4) is 11.8 Å². The maximum Gasteiger partial charge on any atom is 0.0133 e. The fourth-order valence-corrected chi connectivity index (χ4v) is 14.4. The molecule has 0 saturated heterocycles. The molecule has 0 bridgehead atoms. The van der Waals surface area contributed by atoms with Crippen LogP contribution >= 0.6 is 0 Å². The maximum absolute atomic E-state index is 3.96. The molecule has 0 spiro atoms. The minimum absolute atomic E-state index is 0.683. The normalized spacial score (nSPS) is 46.2. The van der Waals surface area contributed by atoms with Gasteiger partial charge in [-0.1, -0.05) is 79.6 Å². The first-order chi connectivity index (χ1) is 22.3. The van der Waals surface area contributed by atoms with E-state index >= 15 is 0 Å². The summed E-state index contributed by atoms with van der Waals surface area (Å²) in [5.74, 6) is 18.4. The predicted molar refractivity (Wildman–Crippen MR) is 186 cm³/mol. The van der Waals surface area contributed by atoms with Crippen molar-refractivity contribution < 1.29 is 0 Å². The standard InChI is InChI=1S/C45H56/c1-2-12-33-31(10-1)26-42(36-14-4-3-13-35(33)36)45-39-17-7-5-15-37(39)44(38-16-6-8-18-40(38)45)32-25-22-29-21-24-30-23-20-28-11-9-19-34(28)43(30)41(29)27-32/h4-5,7,14,17,22,28,30-35,37-38,41,43-44H,1-3,6,9-13,15-16,19-21,23-27H2/t28?,30?,31?,32?,33?,34?,35?,37?,38-,41?,43?,44?/m1/s1. The maximum atomic E-state index is 3.96. The van der Waals surface area contributed by atoms with Crippen LogP contribution in [0.4, 0.5) is 0 Å². The van der Waals surface area contributed by atoms with Crippen LogP contribution in [0.15, 0.2) is 69.9 Å². The van der Waals surface area contributed by atoms with Crippen molar-refractivity contribution in [2.24, 2.45) is 71.0 Å². The zero-order valence-corrected chi connectivity index (χ0v) is 27.8. The first-order valence-electron chi connectivity index (χ1n) is 20.0. The van der Waals surface area contributed by atoms with Crippen LogP contribution in [0.2, 0.25) is 0 Å². The summed E-state index contributed by atoms with van der Waals surface area (Å²) in [6, 6.07) is 0. The summed E-state index contributed by atoms with van der Waals surface area (Å²) in [7, 11) is 0. The van der Waals surface area contributed by atoms with Crippen molar-refractivity contribution in [1.82, 2.24) is 0 Å². The van der Waals surface area contributed by atoms with E-state index in [1.807, 2.05) is 5.57 Å². The molecule has 0 aromatic rings. The Balaban J connectivity index is 1.06. The highest BCUT2D eigenvalue weighted by molar-refractivity contribution is 5.64. The molecule has 45 heavy (non-hydrogen) atoms. The van der Waals surface area contributed by atoms with Gasteiger partial charge in [-0.25, -0.2) is 0 Å².